The van der Waals surface area contributed by atoms with Gasteiger partial charge in [0.1, 0.15) is 24.5 Å². The van der Waals surface area contributed by atoms with Gasteiger partial charge in [-0.15, -0.1) is 6.42 Å². The highest BCUT2D eigenvalue weighted by molar-refractivity contribution is 6.31. The number of anilines is 3. The number of nitrogens with zero attached hydrogens (tertiary/aromatic N) is 7. The second-order valence-corrected chi connectivity index (χ2v) is 10.3. The quantitative estimate of drug-likeness (QED) is 0.0860. The van der Waals surface area contributed by atoms with E-state index in [2.05, 4.69) is 36.5 Å². The number of rotatable bonds is 10. The molecule has 1 amide bonds. The number of aromatic nitrogens is 5. The first-order valence-electron chi connectivity index (χ1n) is 12.6. The molecule has 0 aliphatic heterocycles. The second kappa shape index (κ2) is 13.5. The van der Waals surface area contributed by atoms with Crippen LogP contribution in [0.15, 0.2) is 48.9 Å². The molecule has 0 aliphatic rings. The minimum absolute atomic E-state index is 0. The number of quaternary nitrogens is 1. The van der Waals surface area contributed by atoms with E-state index in [4.69, 9.17) is 18.0 Å². The molecule has 0 radical (unpaired) electrons. The number of imidazole rings is 1. The van der Waals surface area contributed by atoms with E-state index in [1.54, 1.807) is 48.2 Å². The van der Waals surface area contributed by atoms with Crippen LogP contribution < -0.4 is 27.6 Å². The van der Waals surface area contributed by atoms with Crippen LogP contribution in [-0.2, 0) is 24.8 Å². The SMILES string of the molecule is C#Cc1cc(Nc2ncnc3cnc(NC(=O)/C=C/C[N+](C)(C)Cc4c([N+](=O)[O-])nc(CC)n4C)cc23)ccc1Cl.[Br-]. The van der Waals surface area contributed by atoms with E-state index in [1.807, 2.05) is 21.0 Å². The van der Waals surface area contributed by atoms with E-state index in [0.717, 1.165) is 0 Å². The molecule has 12 nitrogen and oxygen atoms in total. The van der Waals surface area contributed by atoms with Gasteiger partial charge in [-0.3, -0.25) is 4.79 Å². The molecule has 0 saturated heterocycles. The molecule has 0 fully saturated rings. The number of amides is 1. The molecule has 42 heavy (non-hydrogen) atoms. The number of terminal acetylenes is 1. The van der Waals surface area contributed by atoms with Crippen molar-refractivity contribution < 1.29 is 31.2 Å². The molecule has 0 saturated carbocycles. The van der Waals surface area contributed by atoms with Gasteiger partial charge in [0, 0.05) is 36.2 Å². The Balaban J connectivity index is 0.00000484. The van der Waals surface area contributed by atoms with E-state index in [-0.39, 0.29) is 28.7 Å². The fourth-order valence-corrected chi connectivity index (χ4v) is 4.44. The van der Waals surface area contributed by atoms with Crippen molar-refractivity contribution in [3.05, 3.63) is 81.2 Å². The van der Waals surface area contributed by atoms with Crippen molar-refractivity contribution in [3.63, 3.8) is 0 Å². The topological polar surface area (TPSA) is 141 Å². The molecule has 0 spiro atoms. The number of benzene rings is 1. The average Bonchev–Trinajstić information content (AvgIpc) is 3.24. The van der Waals surface area contributed by atoms with Crippen LogP contribution in [0.1, 0.15) is 24.0 Å². The van der Waals surface area contributed by atoms with E-state index in [0.29, 0.717) is 74.3 Å². The summed E-state index contributed by atoms with van der Waals surface area (Å²) in [5.41, 5.74) is 2.35. The highest BCUT2D eigenvalue weighted by Gasteiger charge is 2.30. The number of aryl methyl sites for hydroxylation is 1. The summed E-state index contributed by atoms with van der Waals surface area (Å²) in [6.07, 6.45) is 12.2. The van der Waals surface area contributed by atoms with Crippen LogP contribution in [0.4, 0.5) is 23.1 Å². The van der Waals surface area contributed by atoms with Gasteiger partial charge in [0.2, 0.25) is 11.7 Å². The summed E-state index contributed by atoms with van der Waals surface area (Å²) in [6, 6.07) is 6.89. The van der Waals surface area contributed by atoms with Gasteiger partial charge >= 0.3 is 5.82 Å². The van der Waals surface area contributed by atoms with Crippen molar-refractivity contribution in [2.24, 2.45) is 7.05 Å². The molecule has 0 bridgehead atoms. The number of fused-ring (bicyclic) bond motifs is 1. The lowest BCUT2D eigenvalue weighted by atomic mass is 10.2. The molecular weight excluding hydrogens is 626 g/mol. The monoisotopic (exact) mass is 653 g/mol. The van der Waals surface area contributed by atoms with Crippen molar-refractivity contribution in [1.82, 2.24) is 24.5 Å². The third-order valence-corrected chi connectivity index (χ3v) is 6.71. The molecule has 2 N–H and O–H groups in total. The number of hydrogen-bond acceptors (Lipinski definition) is 8. The van der Waals surface area contributed by atoms with Crippen LogP contribution in [0, 0.1) is 22.5 Å². The van der Waals surface area contributed by atoms with Crippen LogP contribution in [0.25, 0.3) is 10.9 Å². The maximum atomic E-state index is 12.7. The third-order valence-electron chi connectivity index (χ3n) is 6.38. The summed E-state index contributed by atoms with van der Waals surface area (Å²) >= 11 is 6.11. The van der Waals surface area contributed by atoms with E-state index >= 15 is 0 Å². The summed E-state index contributed by atoms with van der Waals surface area (Å²) in [6.45, 7) is 2.72. The first-order chi connectivity index (χ1) is 19.5. The lowest BCUT2D eigenvalue weighted by Crippen LogP contribution is -3.00. The minimum Gasteiger partial charge on any atom is -1.00 e. The summed E-state index contributed by atoms with van der Waals surface area (Å²) in [5, 5.41) is 18.6. The van der Waals surface area contributed by atoms with Crippen molar-refractivity contribution in [1.29, 1.82) is 0 Å². The number of carbonyl (C=O) groups is 1. The Bertz CT molecular complexity index is 1710. The predicted molar refractivity (Wildman–Crippen MR) is 158 cm³/mol. The number of nitrogens with one attached hydrogen (secondary N) is 2. The van der Waals surface area contributed by atoms with Crippen LogP contribution in [0.5, 0.6) is 0 Å². The Morgan fingerprint density at radius 1 is 1.26 bits per heavy atom. The molecule has 3 heterocycles. The summed E-state index contributed by atoms with van der Waals surface area (Å²) in [4.78, 5) is 40.8. The Kier molecular flexibility index (Phi) is 10.3. The minimum atomic E-state index is -0.454. The Morgan fingerprint density at radius 2 is 2.02 bits per heavy atom. The van der Waals surface area contributed by atoms with E-state index in [9.17, 15) is 14.9 Å². The standard InChI is InChI=1S/C28H28ClN9O3.BrH/c1-6-18-13-19(10-11-21(18)29)33-27-20-14-24(30-15-22(20)31-17-32-27)34-26(39)9-8-12-38(4,5)16-23-28(37(40)41)35-25(7-2)36(23)3;/h1,8-11,13-15,17H,7,12,16H2,2-5H3,(H-,30,31,32,33,34,39);1H/b9-8+;. The number of hydrogen-bond donors (Lipinski definition) is 2. The van der Waals surface area contributed by atoms with E-state index < -0.39 is 4.92 Å². The zero-order valence-electron chi connectivity index (χ0n) is 23.4. The first kappa shape index (κ1) is 32.1. The normalized spacial score (nSPS) is 11.2. The van der Waals surface area contributed by atoms with Crippen LogP contribution >= 0.6 is 11.6 Å². The number of nitro groups is 1. The fraction of sp³-hybridized carbons (Fsp3) is 0.250. The van der Waals surface area contributed by atoms with Crippen molar-refractivity contribution >= 4 is 51.6 Å². The van der Waals surface area contributed by atoms with Gasteiger partial charge in [0.05, 0.1) is 37.4 Å². The van der Waals surface area contributed by atoms with Gasteiger partial charge in [-0.05, 0) is 40.2 Å². The van der Waals surface area contributed by atoms with Crippen LogP contribution in [0.2, 0.25) is 5.02 Å². The smallest absolute Gasteiger partial charge is 0.391 e. The highest BCUT2D eigenvalue weighted by atomic mass is 79.9. The van der Waals surface area contributed by atoms with Gasteiger partial charge in [-0.2, -0.15) is 0 Å². The zero-order valence-corrected chi connectivity index (χ0v) is 25.8. The summed E-state index contributed by atoms with van der Waals surface area (Å²) in [7, 11) is 5.64. The number of carbonyl (C=O) groups excluding carboxylic acids is 1. The second-order valence-electron chi connectivity index (χ2n) is 9.91. The first-order valence-corrected chi connectivity index (χ1v) is 13.0. The van der Waals surface area contributed by atoms with Gasteiger partial charge in [0.15, 0.2) is 5.69 Å². The van der Waals surface area contributed by atoms with Crippen LogP contribution in [0.3, 0.4) is 0 Å². The molecular formula is C28H29BrClN9O3. The predicted octanol–water partition coefficient (Wildman–Crippen LogP) is 1.38. The number of pyridine rings is 1. The highest BCUT2D eigenvalue weighted by Crippen LogP contribution is 2.27. The Labute approximate surface area is 258 Å². The average molecular weight is 655 g/mol. The Morgan fingerprint density at radius 3 is 2.71 bits per heavy atom. The van der Waals surface area contributed by atoms with Crippen molar-refractivity contribution in [2.45, 2.75) is 19.9 Å². The molecule has 1 aromatic carbocycles. The number of likely N-dealkylation sites (N-methyl/N-ethyl adjacent to an activating group) is 1. The largest absolute Gasteiger partial charge is 1.00 e. The molecule has 4 rings (SSSR count). The van der Waals surface area contributed by atoms with Gasteiger partial charge in [-0.25, -0.2) is 15.0 Å². The third kappa shape index (κ3) is 7.47. The lowest BCUT2D eigenvalue weighted by molar-refractivity contribution is -0.898. The molecule has 4 aromatic rings. The van der Waals surface area contributed by atoms with Gasteiger partial charge < -0.3 is 46.8 Å². The lowest BCUT2D eigenvalue weighted by Gasteiger charge is -2.28. The maximum Gasteiger partial charge on any atom is 0.391 e. The summed E-state index contributed by atoms with van der Waals surface area (Å²) < 4.78 is 2.15. The van der Waals surface area contributed by atoms with Gasteiger partial charge in [-0.1, -0.05) is 24.4 Å². The molecule has 3 aromatic heterocycles. The van der Waals surface area contributed by atoms with Gasteiger partial charge in [0.25, 0.3) is 0 Å². The molecule has 14 heteroatoms. The Hall–Kier alpha value is -4.38. The molecule has 0 atom stereocenters. The molecule has 218 valence electrons. The molecule has 0 aliphatic carbocycles. The fourth-order valence-electron chi connectivity index (χ4n) is 4.27. The number of halogens is 2. The van der Waals surface area contributed by atoms with Crippen LogP contribution in [-0.4, -0.2) is 60.5 Å². The van der Waals surface area contributed by atoms with E-state index in [1.165, 1.54) is 12.4 Å². The van der Waals surface area contributed by atoms with Crippen molar-refractivity contribution in [3.8, 4) is 12.3 Å². The zero-order chi connectivity index (χ0) is 29.7. The van der Waals surface area contributed by atoms with Crippen molar-refractivity contribution in [2.75, 3.05) is 31.3 Å². The molecule has 0 unspecified atom stereocenters. The maximum absolute atomic E-state index is 12.7. The summed E-state index contributed by atoms with van der Waals surface area (Å²) in [5.74, 6) is 3.50.